The smallest absolute Gasteiger partial charge is 0.416 e. The first-order valence-corrected chi connectivity index (χ1v) is 13.3. The van der Waals surface area contributed by atoms with Crippen molar-refractivity contribution < 1.29 is 27.9 Å². The number of alkyl halides is 3. The number of nitrogens with one attached hydrogen (secondary N) is 3. The number of hydrogen-bond donors (Lipinski definition) is 4. The Morgan fingerprint density at radius 2 is 1.80 bits per heavy atom. The Bertz CT molecular complexity index is 1590. The van der Waals surface area contributed by atoms with Crippen LogP contribution >= 0.6 is 0 Å². The predicted molar refractivity (Wildman–Crippen MR) is 149 cm³/mol. The van der Waals surface area contributed by atoms with Crippen LogP contribution < -0.4 is 10.6 Å². The minimum Gasteiger partial charge on any atom is -0.477 e. The highest BCUT2D eigenvalue weighted by atomic mass is 19.4. The van der Waals surface area contributed by atoms with E-state index < -0.39 is 23.6 Å². The number of H-pyrrole nitrogens is 1. The number of nitrogens with zero attached hydrogens (tertiary/aromatic N) is 2. The molecule has 1 aliphatic heterocycles. The van der Waals surface area contributed by atoms with Crippen LogP contribution in [-0.4, -0.2) is 58.0 Å². The van der Waals surface area contributed by atoms with E-state index in [0.717, 1.165) is 35.8 Å². The van der Waals surface area contributed by atoms with Gasteiger partial charge in [-0.2, -0.15) is 13.2 Å². The Labute approximate surface area is 234 Å². The molecule has 1 amide bonds. The van der Waals surface area contributed by atoms with Crippen molar-refractivity contribution in [3.05, 3.63) is 93.8 Å². The largest absolute Gasteiger partial charge is 0.477 e. The standard InChI is InChI=1S/C30H30F3N5O3/c1-18-2-7-24(13-20(18)4-3-19-12-23-15-26(29(40)41)37-27(23)35-16-19)36-28(39)21-5-6-22(25(14-21)30(31,32)33)17-38-10-8-34-9-11-38/h2,5-7,12-16,34H,3-4,8-11,17H2,1H3,(H,35,37)(H,36,39)(H,40,41). The van der Waals surface area contributed by atoms with E-state index in [2.05, 4.69) is 20.6 Å². The van der Waals surface area contributed by atoms with Crippen molar-refractivity contribution in [1.82, 2.24) is 20.2 Å². The van der Waals surface area contributed by atoms with E-state index in [1.807, 2.05) is 30.0 Å². The number of rotatable bonds is 8. The number of carbonyl (C=O) groups excluding carboxylic acids is 1. The molecular weight excluding hydrogens is 535 g/mol. The van der Waals surface area contributed by atoms with Gasteiger partial charge in [-0.1, -0.05) is 12.1 Å². The Balaban J connectivity index is 1.29. The van der Waals surface area contributed by atoms with Crippen LogP contribution in [0, 0.1) is 6.92 Å². The molecule has 1 saturated heterocycles. The van der Waals surface area contributed by atoms with Gasteiger partial charge < -0.3 is 20.7 Å². The zero-order valence-electron chi connectivity index (χ0n) is 22.4. The summed E-state index contributed by atoms with van der Waals surface area (Å²) in [5.74, 6) is -1.67. The third kappa shape index (κ3) is 6.75. The van der Waals surface area contributed by atoms with Crippen molar-refractivity contribution in [2.24, 2.45) is 0 Å². The fourth-order valence-corrected chi connectivity index (χ4v) is 5.04. The fraction of sp³-hybridized carbons (Fsp3) is 0.300. The average molecular weight is 566 g/mol. The summed E-state index contributed by atoms with van der Waals surface area (Å²) in [5.41, 5.74) is 3.24. The summed E-state index contributed by atoms with van der Waals surface area (Å²) >= 11 is 0. The number of fused-ring (bicyclic) bond motifs is 1. The van der Waals surface area contributed by atoms with E-state index >= 15 is 0 Å². The number of aryl methyl sites for hydroxylation is 3. The van der Waals surface area contributed by atoms with Gasteiger partial charge in [0.15, 0.2) is 0 Å². The van der Waals surface area contributed by atoms with E-state index in [0.29, 0.717) is 42.7 Å². The second-order valence-corrected chi connectivity index (χ2v) is 10.3. The number of anilines is 1. The number of pyridine rings is 1. The first kappa shape index (κ1) is 28.3. The minimum absolute atomic E-state index is 0.0601. The lowest BCUT2D eigenvalue weighted by Crippen LogP contribution is -2.43. The van der Waals surface area contributed by atoms with Crippen molar-refractivity contribution in [3.63, 3.8) is 0 Å². The van der Waals surface area contributed by atoms with Gasteiger partial charge in [0.05, 0.1) is 5.56 Å². The van der Waals surface area contributed by atoms with Gasteiger partial charge in [-0.25, -0.2) is 9.78 Å². The monoisotopic (exact) mass is 565 g/mol. The summed E-state index contributed by atoms with van der Waals surface area (Å²) < 4.78 is 41.8. The van der Waals surface area contributed by atoms with Crippen molar-refractivity contribution in [3.8, 4) is 0 Å². The van der Waals surface area contributed by atoms with Crippen LogP contribution in [0.25, 0.3) is 11.0 Å². The predicted octanol–water partition coefficient (Wildman–Crippen LogP) is 5.03. The van der Waals surface area contributed by atoms with Crippen LogP contribution in [0.5, 0.6) is 0 Å². The van der Waals surface area contributed by atoms with Crippen LogP contribution in [-0.2, 0) is 25.6 Å². The third-order valence-electron chi connectivity index (χ3n) is 7.33. The molecule has 4 aromatic rings. The zero-order chi connectivity index (χ0) is 29.1. The lowest BCUT2D eigenvalue weighted by Gasteiger charge is -2.28. The number of carboxylic acid groups (broad SMARTS) is 1. The van der Waals surface area contributed by atoms with Crippen molar-refractivity contribution in [2.75, 3.05) is 31.5 Å². The highest BCUT2D eigenvalue weighted by Crippen LogP contribution is 2.34. The van der Waals surface area contributed by atoms with Crippen LogP contribution in [0.1, 0.15) is 48.7 Å². The van der Waals surface area contributed by atoms with Crippen LogP contribution in [0.3, 0.4) is 0 Å². The number of carbonyl (C=O) groups is 2. The molecule has 2 aromatic heterocycles. The Morgan fingerprint density at radius 1 is 1.02 bits per heavy atom. The van der Waals surface area contributed by atoms with Gasteiger partial charge in [-0.05, 0) is 78.4 Å². The van der Waals surface area contributed by atoms with Crippen molar-refractivity contribution in [1.29, 1.82) is 0 Å². The molecular formula is C30H30F3N5O3. The Hall–Kier alpha value is -4.22. The molecule has 3 heterocycles. The molecule has 1 fully saturated rings. The Morgan fingerprint density at radius 3 is 2.54 bits per heavy atom. The molecule has 0 bridgehead atoms. The maximum Gasteiger partial charge on any atom is 0.416 e. The molecule has 11 heteroatoms. The number of piperazine rings is 1. The summed E-state index contributed by atoms with van der Waals surface area (Å²) in [4.78, 5) is 33.2. The van der Waals surface area contributed by atoms with E-state index in [1.165, 1.54) is 18.2 Å². The zero-order valence-corrected chi connectivity index (χ0v) is 22.4. The van der Waals surface area contributed by atoms with E-state index in [1.54, 1.807) is 12.3 Å². The van der Waals surface area contributed by atoms with Crippen LogP contribution in [0.4, 0.5) is 18.9 Å². The molecule has 0 saturated carbocycles. The summed E-state index contributed by atoms with van der Waals surface area (Å²) in [6.45, 7) is 4.91. The van der Waals surface area contributed by atoms with Gasteiger partial charge in [0, 0.05) is 55.6 Å². The molecule has 214 valence electrons. The number of halogens is 3. The van der Waals surface area contributed by atoms with E-state index in [-0.39, 0.29) is 23.4 Å². The molecule has 4 N–H and O–H groups in total. The molecule has 0 aliphatic carbocycles. The third-order valence-corrected chi connectivity index (χ3v) is 7.33. The van der Waals surface area contributed by atoms with Gasteiger partial charge in [-0.3, -0.25) is 9.69 Å². The van der Waals surface area contributed by atoms with Gasteiger partial charge in [0.2, 0.25) is 0 Å². The minimum atomic E-state index is -4.58. The summed E-state index contributed by atoms with van der Waals surface area (Å²) in [5, 5.41) is 15.8. The number of carboxylic acids is 1. The summed E-state index contributed by atoms with van der Waals surface area (Å²) in [6, 6.07) is 12.6. The number of amides is 1. The van der Waals surface area contributed by atoms with Crippen molar-refractivity contribution in [2.45, 2.75) is 32.5 Å². The molecule has 1 aliphatic rings. The summed E-state index contributed by atoms with van der Waals surface area (Å²) in [7, 11) is 0. The van der Waals surface area contributed by atoms with Gasteiger partial charge in [0.1, 0.15) is 11.3 Å². The maximum atomic E-state index is 13.9. The lowest BCUT2D eigenvalue weighted by atomic mass is 10.00. The topological polar surface area (TPSA) is 110 Å². The van der Waals surface area contributed by atoms with Crippen LogP contribution in [0.15, 0.2) is 54.7 Å². The highest BCUT2D eigenvalue weighted by Gasteiger charge is 2.34. The van der Waals surface area contributed by atoms with Gasteiger partial charge in [0.25, 0.3) is 5.91 Å². The lowest BCUT2D eigenvalue weighted by molar-refractivity contribution is -0.138. The van der Waals surface area contributed by atoms with E-state index in [4.69, 9.17) is 0 Å². The number of hydrogen-bond acceptors (Lipinski definition) is 5. The van der Waals surface area contributed by atoms with E-state index in [9.17, 15) is 27.9 Å². The molecule has 5 rings (SSSR count). The molecule has 0 radical (unpaired) electrons. The molecule has 41 heavy (non-hydrogen) atoms. The average Bonchev–Trinajstić information content (AvgIpc) is 3.37. The quantitative estimate of drug-likeness (QED) is 0.239. The summed E-state index contributed by atoms with van der Waals surface area (Å²) in [6.07, 6.45) is -1.64. The number of benzene rings is 2. The fourth-order valence-electron chi connectivity index (χ4n) is 5.04. The van der Waals surface area contributed by atoms with Gasteiger partial charge in [-0.15, -0.1) is 0 Å². The van der Waals surface area contributed by atoms with Gasteiger partial charge >= 0.3 is 12.1 Å². The number of aromatic nitrogens is 2. The normalized spacial score (nSPS) is 14.3. The highest BCUT2D eigenvalue weighted by molar-refractivity contribution is 6.04. The molecule has 0 unspecified atom stereocenters. The molecule has 0 spiro atoms. The van der Waals surface area contributed by atoms with Crippen molar-refractivity contribution >= 4 is 28.6 Å². The molecule has 0 atom stereocenters. The number of aromatic amines is 1. The van der Waals surface area contributed by atoms with Crippen LogP contribution in [0.2, 0.25) is 0 Å². The second-order valence-electron chi connectivity index (χ2n) is 10.3. The number of aromatic carboxylic acids is 1. The Kier molecular flexibility index (Phi) is 8.09. The maximum absolute atomic E-state index is 13.9. The molecule has 2 aromatic carbocycles. The first-order chi connectivity index (χ1) is 19.6. The first-order valence-electron chi connectivity index (χ1n) is 13.3. The molecule has 8 nitrogen and oxygen atoms in total. The second kappa shape index (κ2) is 11.7. The SMILES string of the molecule is Cc1ccc(NC(=O)c2ccc(CN3CCNCC3)c(C(F)(F)F)c2)cc1CCc1cnc2[nH]c(C(=O)O)cc2c1.